The lowest BCUT2D eigenvalue weighted by Crippen LogP contribution is -2.15. The average Bonchev–Trinajstić information content (AvgIpc) is 2.55. The molecular formula is C17H10ClF3N2O2. The molecule has 0 radical (unpaired) electrons. The second-order valence-electron chi connectivity index (χ2n) is 4.91. The quantitative estimate of drug-likeness (QED) is 0.615. The van der Waals surface area contributed by atoms with Crippen LogP contribution < -0.4 is 5.32 Å². The number of alkyl halides is 3. The molecule has 128 valence electrons. The number of halogens is 4. The molecule has 0 aliphatic carbocycles. The number of aromatic hydroxyl groups is 1. The molecule has 0 aromatic heterocycles. The smallest absolute Gasteiger partial charge is 0.416 e. The summed E-state index contributed by atoms with van der Waals surface area (Å²) in [6.45, 7) is 0. The van der Waals surface area contributed by atoms with Gasteiger partial charge in [-0.05, 0) is 42.0 Å². The number of hydrogen-bond donors (Lipinski definition) is 2. The Balaban J connectivity index is 2.28. The molecule has 2 aromatic carbocycles. The number of nitriles is 1. The van der Waals surface area contributed by atoms with Gasteiger partial charge < -0.3 is 10.4 Å². The maximum absolute atomic E-state index is 12.7. The van der Waals surface area contributed by atoms with Crippen LogP contribution in [0.15, 0.2) is 48.0 Å². The van der Waals surface area contributed by atoms with Gasteiger partial charge in [0.2, 0.25) is 0 Å². The number of phenols is 1. The van der Waals surface area contributed by atoms with Crippen LogP contribution in [0.3, 0.4) is 0 Å². The summed E-state index contributed by atoms with van der Waals surface area (Å²) in [5.74, 6) is -0.896. The fourth-order valence-corrected chi connectivity index (χ4v) is 2.04. The van der Waals surface area contributed by atoms with E-state index in [-0.39, 0.29) is 22.0 Å². The standard InChI is InChI=1S/C17H10ClF3N2O2/c18-14-6-3-12(17(19,20)21)8-15(14)23-16(25)11(9-22)7-10-1-4-13(24)5-2-10/h1-8,24H,(H,23,25). The maximum Gasteiger partial charge on any atom is 0.416 e. The third-order valence-electron chi connectivity index (χ3n) is 3.11. The van der Waals surface area contributed by atoms with Crippen molar-refractivity contribution in [2.24, 2.45) is 0 Å². The Hall–Kier alpha value is -2.98. The molecule has 4 nitrogen and oxygen atoms in total. The minimum atomic E-state index is -4.59. The van der Waals surface area contributed by atoms with Gasteiger partial charge >= 0.3 is 6.18 Å². The molecule has 0 spiro atoms. The summed E-state index contributed by atoms with van der Waals surface area (Å²) in [4.78, 5) is 12.1. The lowest BCUT2D eigenvalue weighted by atomic mass is 10.1. The van der Waals surface area contributed by atoms with Gasteiger partial charge in [0, 0.05) is 0 Å². The second kappa shape index (κ2) is 7.28. The van der Waals surface area contributed by atoms with E-state index in [0.717, 1.165) is 12.1 Å². The Bertz CT molecular complexity index is 869. The van der Waals surface area contributed by atoms with Crippen molar-refractivity contribution < 1.29 is 23.1 Å². The Labute approximate surface area is 145 Å². The molecule has 0 unspecified atom stereocenters. The van der Waals surface area contributed by atoms with E-state index in [2.05, 4.69) is 5.32 Å². The van der Waals surface area contributed by atoms with E-state index in [1.54, 1.807) is 6.07 Å². The first-order valence-electron chi connectivity index (χ1n) is 6.79. The predicted octanol–water partition coefficient (Wildman–Crippen LogP) is 4.61. The predicted molar refractivity (Wildman–Crippen MR) is 86.8 cm³/mol. The van der Waals surface area contributed by atoms with Gasteiger partial charge in [0.25, 0.3) is 5.91 Å². The van der Waals surface area contributed by atoms with Crippen molar-refractivity contribution in [3.05, 3.63) is 64.2 Å². The zero-order chi connectivity index (χ0) is 18.6. The van der Waals surface area contributed by atoms with E-state index in [4.69, 9.17) is 16.9 Å². The van der Waals surface area contributed by atoms with Crippen LogP contribution in [0.2, 0.25) is 5.02 Å². The van der Waals surface area contributed by atoms with E-state index >= 15 is 0 Å². The maximum atomic E-state index is 12.7. The Kier molecular flexibility index (Phi) is 5.35. The first kappa shape index (κ1) is 18.4. The van der Waals surface area contributed by atoms with Gasteiger partial charge in [-0.25, -0.2) is 0 Å². The summed E-state index contributed by atoms with van der Waals surface area (Å²) in [5, 5.41) is 20.4. The number of amides is 1. The van der Waals surface area contributed by atoms with E-state index in [0.29, 0.717) is 11.6 Å². The van der Waals surface area contributed by atoms with Crippen molar-refractivity contribution >= 4 is 29.3 Å². The summed E-state index contributed by atoms with van der Waals surface area (Å²) in [6, 6.07) is 9.82. The Morgan fingerprint density at radius 1 is 1.20 bits per heavy atom. The van der Waals surface area contributed by atoms with Crippen LogP contribution in [0.5, 0.6) is 5.75 Å². The molecule has 0 bridgehead atoms. The molecule has 0 atom stereocenters. The highest BCUT2D eigenvalue weighted by Crippen LogP contribution is 2.34. The first-order valence-corrected chi connectivity index (χ1v) is 7.17. The van der Waals surface area contributed by atoms with Gasteiger partial charge in [-0.1, -0.05) is 23.7 Å². The minimum absolute atomic E-state index is 0.0101. The molecule has 1 amide bonds. The summed E-state index contributed by atoms with van der Waals surface area (Å²) in [6.07, 6.45) is -3.36. The molecule has 0 saturated heterocycles. The lowest BCUT2D eigenvalue weighted by Gasteiger charge is -2.11. The number of phenolic OH excluding ortho intramolecular Hbond substituents is 1. The summed E-state index contributed by atoms with van der Waals surface area (Å²) in [5.41, 5.74) is -1.11. The average molecular weight is 367 g/mol. The topological polar surface area (TPSA) is 73.1 Å². The number of rotatable bonds is 3. The summed E-state index contributed by atoms with van der Waals surface area (Å²) >= 11 is 5.80. The van der Waals surface area contributed by atoms with Gasteiger partial charge in [0.05, 0.1) is 16.3 Å². The van der Waals surface area contributed by atoms with Crippen LogP contribution in [0.4, 0.5) is 18.9 Å². The van der Waals surface area contributed by atoms with E-state index in [9.17, 15) is 23.1 Å². The van der Waals surface area contributed by atoms with Gasteiger partial charge in [-0.2, -0.15) is 18.4 Å². The van der Waals surface area contributed by atoms with Crippen LogP contribution in [0.25, 0.3) is 6.08 Å². The SMILES string of the molecule is N#CC(=Cc1ccc(O)cc1)C(=O)Nc1cc(C(F)(F)F)ccc1Cl. The third kappa shape index (κ3) is 4.75. The van der Waals surface area contributed by atoms with Crippen LogP contribution in [-0.2, 0) is 11.0 Å². The molecule has 0 fully saturated rings. The molecule has 2 aromatic rings. The van der Waals surface area contributed by atoms with Crippen LogP contribution in [-0.4, -0.2) is 11.0 Å². The number of carbonyl (C=O) groups excluding carboxylic acids is 1. The van der Waals surface area contributed by atoms with Crippen molar-refractivity contribution in [3.63, 3.8) is 0 Å². The number of anilines is 1. The van der Waals surface area contributed by atoms with Gasteiger partial charge in [-0.3, -0.25) is 4.79 Å². The van der Waals surface area contributed by atoms with Crippen molar-refractivity contribution in [2.75, 3.05) is 5.32 Å². The molecule has 2 N–H and O–H groups in total. The number of benzene rings is 2. The van der Waals surface area contributed by atoms with Crippen molar-refractivity contribution in [2.45, 2.75) is 6.18 Å². The van der Waals surface area contributed by atoms with Gasteiger partial charge in [0.15, 0.2) is 0 Å². The third-order valence-corrected chi connectivity index (χ3v) is 3.44. The number of nitrogens with zero attached hydrogens (tertiary/aromatic N) is 1. The fraction of sp³-hybridized carbons (Fsp3) is 0.0588. The van der Waals surface area contributed by atoms with Crippen LogP contribution in [0, 0.1) is 11.3 Å². The summed E-state index contributed by atoms with van der Waals surface area (Å²) in [7, 11) is 0. The zero-order valence-corrected chi connectivity index (χ0v) is 13.2. The highest BCUT2D eigenvalue weighted by Gasteiger charge is 2.31. The van der Waals surface area contributed by atoms with E-state index in [1.165, 1.54) is 30.3 Å². The van der Waals surface area contributed by atoms with Crippen molar-refractivity contribution in [1.82, 2.24) is 0 Å². The molecule has 8 heteroatoms. The van der Waals surface area contributed by atoms with Crippen molar-refractivity contribution in [3.8, 4) is 11.8 Å². The first-order chi connectivity index (χ1) is 11.7. The van der Waals surface area contributed by atoms with Gasteiger partial charge in [-0.15, -0.1) is 0 Å². The number of carbonyl (C=O) groups is 1. The molecular weight excluding hydrogens is 357 g/mol. The molecule has 0 aliphatic rings. The fourth-order valence-electron chi connectivity index (χ4n) is 1.87. The lowest BCUT2D eigenvalue weighted by molar-refractivity contribution is -0.137. The van der Waals surface area contributed by atoms with Crippen molar-refractivity contribution in [1.29, 1.82) is 5.26 Å². The largest absolute Gasteiger partial charge is 0.508 e. The van der Waals surface area contributed by atoms with Crippen LogP contribution >= 0.6 is 11.6 Å². The molecule has 0 aliphatic heterocycles. The van der Waals surface area contributed by atoms with E-state index in [1.807, 2.05) is 0 Å². The Morgan fingerprint density at radius 3 is 2.40 bits per heavy atom. The normalized spacial score (nSPS) is 11.7. The zero-order valence-electron chi connectivity index (χ0n) is 12.4. The molecule has 2 rings (SSSR count). The highest BCUT2D eigenvalue weighted by atomic mass is 35.5. The molecule has 0 saturated carbocycles. The van der Waals surface area contributed by atoms with Gasteiger partial charge in [0.1, 0.15) is 17.4 Å². The monoisotopic (exact) mass is 366 g/mol. The highest BCUT2D eigenvalue weighted by molar-refractivity contribution is 6.34. The number of nitrogens with one attached hydrogen (secondary N) is 1. The molecule has 0 heterocycles. The van der Waals surface area contributed by atoms with Crippen LogP contribution in [0.1, 0.15) is 11.1 Å². The second-order valence-corrected chi connectivity index (χ2v) is 5.32. The number of hydrogen-bond acceptors (Lipinski definition) is 3. The molecule has 25 heavy (non-hydrogen) atoms. The van der Waals surface area contributed by atoms with E-state index < -0.39 is 17.6 Å². The summed E-state index contributed by atoms with van der Waals surface area (Å²) < 4.78 is 38.2. The minimum Gasteiger partial charge on any atom is -0.508 e. The Morgan fingerprint density at radius 2 is 1.84 bits per heavy atom.